The molecule has 5 nitrogen and oxygen atoms in total. The lowest BCUT2D eigenvalue weighted by Crippen LogP contribution is -2.39. The summed E-state index contributed by atoms with van der Waals surface area (Å²) in [6.45, 7) is 0. The van der Waals surface area contributed by atoms with Crippen LogP contribution in [-0.4, -0.2) is 23.2 Å². The number of hydrogen-bond acceptors (Lipinski definition) is 4. The van der Waals surface area contributed by atoms with E-state index in [2.05, 4.69) is 0 Å². The van der Waals surface area contributed by atoms with Crippen LogP contribution in [0.25, 0.3) is 0 Å². The van der Waals surface area contributed by atoms with Gasteiger partial charge in [-0.2, -0.15) is 8.42 Å². The van der Waals surface area contributed by atoms with Crippen molar-refractivity contribution in [3.63, 3.8) is 0 Å². The summed E-state index contributed by atoms with van der Waals surface area (Å²) in [7, 11) is -5.16. The average molecular weight is 494 g/mol. The molecule has 3 rings (SSSR count). The van der Waals surface area contributed by atoms with E-state index in [1.807, 2.05) is 0 Å². The van der Waals surface area contributed by atoms with E-state index >= 15 is 0 Å². The Kier molecular flexibility index (Phi) is 5.98. The SMILES string of the molecule is O=S(=O)(O)C(c1ccccc1Cl)(c1ccccc1Cl)c1c(Cl)cc(O)c(Cl)c1O. The van der Waals surface area contributed by atoms with Crippen LogP contribution in [0.3, 0.4) is 0 Å². The Morgan fingerprint density at radius 3 is 1.62 bits per heavy atom. The van der Waals surface area contributed by atoms with Gasteiger partial charge in [0.15, 0.2) is 4.75 Å². The van der Waals surface area contributed by atoms with Gasteiger partial charge in [-0.15, -0.1) is 0 Å². The second-order valence-corrected chi connectivity index (χ2v) is 9.19. The first kappa shape index (κ1) is 22.0. The maximum Gasteiger partial charge on any atom is 0.283 e. The monoisotopic (exact) mass is 492 g/mol. The van der Waals surface area contributed by atoms with E-state index in [-0.39, 0.29) is 26.2 Å². The molecule has 3 aromatic carbocycles. The fraction of sp³-hybridized carbons (Fsp3) is 0.0526. The summed E-state index contributed by atoms with van der Waals surface area (Å²) >= 11 is 24.9. The molecule has 0 amide bonds. The number of hydrogen-bond donors (Lipinski definition) is 3. The van der Waals surface area contributed by atoms with Crippen molar-refractivity contribution in [1.29, 1.82) is 0 Å². The molecule has 0 aliphatic carbocycles. The second kappa shape index (κ2) is 7.87. The van der Waals surface area contributed by atoms with Crippen molar-refractivity contribution < 1.29 is 23.2 Å². The fourth-order valence-corrected chi connectivity index (χ4v) is 5.83. The first-order valence-corrected chi connectivity index (χ1v) is 10.9. The Labute approximate surface area is 186 Å². The van der Waals surface area contributed by atoms with E-state index in [0.717, 1.165) is 6.07 Å². The molecule has 0 aliphatic rings. The minimum atomic E-state index is -5.16. The minimum Gasteiger partial charge on any atom is -0.506 e. The lowest BCUT2D eigenvalue weighted by molar-refractivity contribution is 0.431. The van der Waals surface area contributed by atoms with Crippen molar-refractivity contribution in [2.45, 2.75) is 4.75 Å². The van der Waals surface area contributed by atoms with E-state index in [0.29, 0.717) is 0 Å². The third-order valence-corrected chi connectivity index (χ3v) is 7.16. The summed E-state index contributed by atoms with van der Waals surface area (Å²) in [5, 5.41) is 19.6. The van der Waals surface area contributed by atoms with Gasteiger partial charge in [0.25, 0.3) is 10.1 Å². The normalized spacial score (nSPS) is 12.2. The van der Waals surface area contributed by atoms with Crippen LogP contribution in [0.2, 0.25) is 20.1 Å². The minimum absolute atomic E-state index is 0.0512. The topological polar surface area (TPSA) is 94.8 Å². The van der Waals surface area contributed by atoms with Gasteiger partial charge in [-0.05, 0) is 12.1 Å². The van der Waals surface area contributed by atoms with Crippen LogP contribution in [0.15, 0.2) is 54.6 Å². The van der Waals surface area contributed by atoms with Crippen molar-refractivity contribution in [2.75, 3.05) is 0 Å². The summed E-state index contributed by atoms with van der Waals surface area (Å²) in [5.41, 5.74) is -0.766. The molecule has 0 spiro atoms. The molecule has 0 unspecified atom stereocenters. The average Bonchev–Trinajstić information content (AvgIpc) is 2.64. The first-order valence-electron chi connectivity index (χ1n) is 7.91. The van der Waals surface area contributed by atoms with Crippen LogP contribution >= 0.6 is 46.4 Å². The Morgan fingerprint density at radius 1 is 0.759 bits per heavy atom. The summed E-state index contributed by atoms with van der Waals surface area (Å²) in [6.07, 6.45) is 0. The molecule has 10 heteroatoms. The molecule has 0 saturated heterocycles. The van der Waals surface area contributed by atoms with E-state index in [1.165, 1.54) is 36.4 Å². The van der Waals surface area contributed by atoms with Gasteiger partial charge in [-0.25, -0.2) is 0 Å². The third-order valence-electron chi connectivity index (χ3n) is 4.42. The lowest BCUT2D eigenvalue weighted by Gasteiger charge is -2.35. The quantitative estimate of drug-likeness (QED) is 0.311. The number of halogens is 4. The molecule has 0 bridgehead atoms. The van der Waals surface area contributed by atoms with Gasteiger partial charge in [-0.3, -0.25) is 4.55 Å². The highest BCUT2D eigenvalue weighted by atomic mass is 35.5. The lowest BCUT2D eigenvalue weighted by atomic mass is 9.83. The van der Waals surface area contributed by atoms with Crippen molar-refractivity contribution in [3.8, 4) is 11.5 Å². The smallest absolute Gasteiger partial charge is 0.283 e. The Bertz CT molecular complexity index is 1170. The highest BCUT2D eigenvalue weighted by Crippen LogP contribution is 2.55. The van der Waals surface area contributed by atoms with Crippen molar-refractivity contribution in [3.05, 3.63) is 91.4 Å². The molecule has 29 heavy (non-hydrogen) atoms. The fourth-order valence-electron chi connectivity index (χ4n) is 3.25. The Hall–Kier alpha value is -1.67. The van der Waals surface area contributed by atoms with Gasteiger partial charge >= 0.3 is 0 Å². The van der Waals surface area contributed by atoms with Crippen molar-refractivity contribution in [1.82, 2.24) is 0 Å². The van der Waals surface area contributed by atoms with Crippen LogP contribution < -0.4 is 0 Å². The van der Waals surface area contributed by atoms with Crippen LogP contribution in [-0.2, 0) is 14.9 Å². The zero-order chi connectivity index (χ0) is 21.6. The number of phenols is 2. The summed E-state index contributed by atoms with van der Waals surface area (Å²) in [6, 6.07) is 12.5. The number of benzene rings is 3. The molecule has 152 valence electrons. The molecular weight excluding hydrogens is 482 g/mol. The number of phenolic OH excluding ortho intramolecular Hbond substituents is 2. The number of rotatable bonds is 4. The maximum absolute atomic E-state index is 13.0. The largest absolute Gasteiger partial charge is 0.506 e. The zero-order valence-corrected chi connectivity index (χ0v) is 18.1. The van der Waals surface area contributed by atoms with E-state index < -0.39 is 37.0 Å². The molecule has 3 N–H and O–H groups in total. The van der Waals surface area contributed by atoms with Crippen molar-refractivity contribution >= 4 is 56.5 Å². The Morgan fingerprint density at radius 2 is 1.21 bits per heavy atom. The number of aromatic hydroxyl groups is 2. The van der Waals surface area contributed by atoms with Gasteiger partial charge in [0.1, 0.15) is 16.5 Å². The van der Waals surface area contributed by atoms with Gasteiger partial charge in [0.05, 0.1) is 5.02 Å². The van der Waals surface area contributed by atoms with Crippen molar-refractivity contribution in [2.24, 2.45) is 0 Å². The second-order valence-electron chi connectivity index (χ2n) is 6.03. The maximum atomic E-state index is 13.0. The van der Waals surface area contributed by atoms with E-state index in [9.17, 15) is 23.2 Å². The highest BCUT2D eigenvalue weighted by molar-refractivity contribution is 7.87. The predicted octanol–water partition coefficient (Wildman–Crippen LogP) is 5.89. The van der Waals surface area contributed by atoms with Gasteiger partial charge in [0.2, 0.25) is 0 Å². The standard InChI is InChI=1S/C19H12Cl4O5S/c20-12-7-3-1-5-10(12)19(29(26,27)28,11-6-2-4-8-13(11)21)16-14(22)9-15(24)17(23)18(16)25/h1-9,24-25H,(H,26,27,28). The van der Waals surface area contributed by atoms with Gasteiger partial charge in [-0.1, -0.05) is 82.8 Å². The molecule has 0 aliphatic heterocycles. The van der Waals surface area contributed by atoms with E-state index in [1.54, 1.807) is 12.1 Å². The van der Waals surface area contributed by atoms with Crippen LogP contribution in [0.5, 0.6) is 11.5 Å². The molecule has 0 fully saturated rings. The van der Waals surface area contributed by atoms with Crippen LogP contribution in [0.1, 0.15) is 16.7 Å². The Balaban J connectivity index is 2.69. The van der Waals surface area contributed by atoms with E-state index in [4.69, 9.17) is 46.4 Å². The summed E-state index contributed by atoms with van der Waals surface area (Å²) in [4.78, 5) is 0. The third kappa shape index (κ3) is 3.44. The summed E-state index contributed by atoms with van der Waals surface area (Å²) < 4.78 is 34.0. The van der Waals surface area contributed by atoms with Crippen LogP contribution in [0.4, 0.5) is 0 Å². The summed E-state index contributed by atoms with van der Waals surface area (Å²) in [5.74, 6) is -1.44. The van der Waals surface area contributed by atoms with Gasteiger partial charge in [0, 0.05) is 32.8 Å². The van der Waals surface area contributed by atoms with Crippen LogP contribution in [0, 0.1) is 0 Å². The van der Waals surface area contributed by atoms with Gasteiger partial charge < -0.3 is 10.2 Å². The first-order chi connectivity index (χ1) is 13.5. The molecule has 0 aromatic heterocycles. The highest BCUT2D eigenvalue weighted by Gasteiger charge is 2.53. The molecule has 3 aromatic rings. The molecule has 0 saturated carbocycles. The molecule has 0 atom stereocenters. The predicted molar refractivity (Wildman–Crippen MR) is 114 cm³/mol. The zero-order valence-electron chi connectivity index (χ0n) is 14.3. The molecule has 0 heterocycles. The molecular formula is C19H12Cl4O5S. The molecule has 0 radical (unpaired) electrons.